The number of nitrogens with zero attached hydrogens (tertiary/aromatic N) is 1. The normalized spacial score (nSPS) is 27.7. The van der Waals surface area contributed by atoms with Gasteiger partial charge in [0.05, 0.1) is 20.6 Å². The number of hydrogen-bond acceptors (Lipinski definition) is 4. The second-order valence-corrected chi connectivity index (χ2v) is 8.33. The molecule has 22 heavy (non-hydrogen) atoms. The number of rotatable bonds is 4. The Morgan fingerprint density at radius 2 is 2.09 bits per heavy atom. The molecule has 4 nitrogen and oxygen atoms in total. The Labute approximate surface area is 136 Å². The number of ether oxygens (including phenoxy) is 1. The largest absolute Gasteiger partial charge is 0.454 e. The van der Waals surface area contributed by atoms with Crippen molar-refractivity contribution in [2.45, 2.75) is 43.8 Å². The number of likely N-dealkylation sites (tertiary alicyclic amines) is 1. The van der Waals surface area contributed by atoms with Crippen LogP contribution in [0.15, 0.2) is 17.5 Å². The lowest BCUT2D eigenvalue weighted by atomic mass is 9.84. The van der Waals surface area contributed by atoms with Gasteiger partial charge >= 0.3 is 5.97 Å². The van der Waals surface area contributed by atoms with Crippen LogP contribution in [0.2, 0.25) is 0 Å². The van der Waals surface area contributed by atoms with Crippen LogP contribution in [-0.4, -0.2) is 48.8 Å². The molecule has 0 unspecified atom stereocenters. The molecular weight excluding hydrogens is 298 g/mol. The van der Waals surface area contributed by atoms with Gasteiger partial charge in [-0.1, -0.05) is 18.9 Å². The number of esters is 1. The molecule has 0 spiro atoms. The molecule has 0 aromatic carbocycles. The summed E-state index contributed by atoms with van der Waals surface area (Å²) in [5.41, 5.74) is -1.45. The number of thiophene rings is 1. The summed E-state index contributed by atoms with van der Waals surface area (Å²) in [5, 5.41) is 13.2. The molecule has 0 radical (unpaired) electrons. The Morgan fingerprint density at radius 3 is 2.64 bits per heavy atom. The Kier molecular flexibility index (Phi) is 4.32. The predicted octanol–water partition coefficient (Wildman–Crippen LogP) is 2.52. The van der Waals surface area contributed by atoms with E-state index in [0.29, 0.717) is 0 Å². The minimum atomic E-state index is -1.45. The SMILES string of the molecule is C[N+]1(C)CC[C@H](OC(=O)[C@@](O)(c2cccs2)C2CCCC2)C1. The third-order valence-electron chi connectivity index (χ3n) is 5.18. The zero-order valence-corrected chi connectivity index (χ0v) is 14.3. The lowest BCUT2D eigenvalue weighted by Crippen LogP contribution is -2.45. The van der Waals surface area contributed by atoms with Gasteiger partial charge in [-0.05, 0) is 24.3 Å². The number of carbonyl (C=O) groups is 1. The fourth-order valence-corrected chi connectivity index (χ4v) is 4.76. The highest BCUT2D eigenvalue weighted by atomic mass is 32.1. The first-order valence-corrected chi connectivity index (χ1v) is 9.09. The molecule has 2 fully saturated rings. The highest BCUT2D eigenvalue weighted by molar-refractivity contribution is 7.10. The van der Waals surface area contributed by atoms with Crippen LogP contribution in [0.25, 0.3) is 0 Å². The number of hydrogen-bond donors (Lipinski definition) is 1. The molecule has 1 saturated heterocycles. The quantitative estimate of drug-likeness (QED) is 0.684. The lowest BCUT2D eigenvalue weighted by Gasteiger charge is -2.32. The van der Waals surface area contributed by atoms with Crippen LogP contribution in [0.1, 0.15) is 37.0 Å². The molecule has 122 valence electrons. The highest BCUT2D eigenvalue weighted by Crippen LogP contribution is 2.43. The second-order valence-electron chi connectivity index (χ2n) is 7.38. The maximum atomic E-state index is 12.8. The summed E-state index contributed by atoms with van der Waals surface area (Å²) in [6, 6.07) is 3.75. The van der Waals surface area contributed by atoms with E-state index in [9.17, 15) is 9.90 Å². The first-order valence-electron chi connectivity index (χ1n) is 8.21. The average Bonchev–Trinajstić information content (AvgIpc) is 3.19. The summed E-state index contributed by atoms with van der Waals surface area (Å²) >= 11 is 1.45. The second kappa shape index (κ2) is 5.95. The maximum absolute atomic E-state index is 12.8. The maximum Gasteiger partial charge on any atom is 0.344 e. The van der Waals surface area contributed by atoms with Crippen molar-refractivity contribution >= 4 is 17.3 Å². The van der Waals surface area contributed by atoms with E-state index in [1.165, 1.54) is 11.3 Å². The third-order valence-corrected chi connectivity index (χ3v) is 6.18. The van der Waals surface area contributed by atoms with Crippen LogP contribution in [0.4, 0.5) is 0 Å². The number of quaternary nitrogens is 1. The van der Waals surface area contributed by atoms with Crippen molar-refractivity contribution < 1.29 is 19.1 Å². The van der Waals surface area contributed by atoms with E-state index in [2.05, 4.69) is 14.1 Å². The smallest absolute Gasteiger partial charge is 0.344 e. The monoisotopic (exact) mass is 324 g/mol. The van der Waals surface area contributed by atoms with Crippen molar-refractivity contribution in [3.05, 3.63) is 22.4 Å². The zero-order chi connectivity index (χ0) is 15.8. The van der Waals surface area contributed by atoms with Gasteiger partial charge in [0, 0.05) is 17.2 Å². The topological polar surface area (TPSA) is 46.5 Å². The standard InChI is InChI=1S/C17H26NO3S/c1-18(2)10-9-14(12-18)21-16(19)17(20,13-6-3-4-7-13)15-8-5-11-22-15/h5,8,11,13-14,20H,3-4,6-7,9-10,12H2,1-2H3/q+1/t14-,17-/m0/s1. The van der Waals surface area contributed by atoms with Gasteiger partial charge in [0.1, 0.15) is 6.54 Å². The van der Waals surface area contributed by atoms with Crippen molar-refractivity contribution in [2.75, 3.05) is 27.2 Å². The van der Waals surface area contributed by atoms with E-state index in [1.54, 1.807) is 0 Å². The summed E-state index contributed by atoms with van der Waals surface area (Å²) in [6.07, 6.45) is 4.77. The number of likely N-dealkylation sites (N-methyl/N-ethyl adjacent to an activating group) is 1. The van der Waals surface area contributed by atoms with Crippen LogP contribution in [0.5, 0.6) is 0 Å². The third kappa shape index (κ3) is 2.94. The van der Waals surface area contributed by atoms with E-state index in [1.807, 2.05) is 17.5 Å². The fraction of sp³-hybridized carbons (Fsp3) is 0.706. The van der Waals surface area contributed by atoms with Gasteiger partial charge in [0.2, 0.25) is 0 Å². The van der Waals surface area contributed by atoms with Gasteiger partial charge in [0.15, 0.2) is 11.7 Å². The Morgan fingerprint density at radius 1 is 1.36 bits per heavy atom. The molecular formula is C17H26NO3S+. The first kappa shape index (κ1) is 16.0. The number of aliphatic hydroxyl groups is 1. The Hall–Kier alpha value is -0.910. The molecule has 5 heteroatoms. The van der Waals surface area contributed by atoms with Gasteiger partial charge in [0.25, 0.3) is 0 Å². The summed E-state index contributed by atoms with van der Waals surface area (Å²) in [4.78, 5) is 13.6. The molecule has 2 heterocycles. The summed E-state index contributed by atoms with van der Waals surface area (Å²) in [7, 11) is 4.30. The lowest BCUT2D eigenvalue weighted by molar-refractivity contribution is -0.879. The van der Waals surface area contributed by atoms with Crippen LogP contribution in [-0.2, 0) is 15.1 Å². The first-order chi connectivity index (χ1) is 10.4. The molecule has 2 aliphatic rings. The van der Waals surface area contributed by atoms with Crippen LogP contribution in [0.3, 0.4) is 0 Å². The number of carbonyl (C=O) groups excluding carboxylic acids is 1. The Bertz CT molecular complexity index is 522. The summed E-state index contributed by atoms with van der Waals surface area (Å²) in [6.45, 7) is 1.84. The van der Waals surface area contributed by atoms with E-state index in [-0.39, 0.29) is 12.0 Å². The zero-order valence-electron chi connectivity index (χ0n) is 13.5. The van der Waals surface area contributed by atoms with Crippen molar-refractivity contribution in [2.24, 2.45) is 5.92 Å². The van der Waals surface area contributed by atoms with Crippen molar-refractivity contribution in [3.8, 4) is 0 Å². The van der Waals surface area contributed by atoms with Gasteiger partial charge in [-0.2, -0.15) is 0 Å². The van der Waals surface area contributed by atoms with Gasteiger partial charge in [-0.3, -0.25) is 0 Å². The molecule has 1 saturated carbocycles. The summed E-state index contributed by atoms with van der Waals surface area (Å²) < 4.78 is 6.62. The molecule has 1 N–H and O–H groups in total. The van der Waals surface area contributed by atoms with Crippen LogP contribution in [0, 0.1) is 5.92 Å². The van der Waals surface area contributed by atoms with Crippen molar-refractivity contribution in [3.63, 3.8) is 0 Å². The molecule has 2 atom stereocenters. The van der Waals surface area contributed by atoms with Gasteiger partial charge < -0.3 is 14.3 Å². The molecule has 1 aliphatic carbocycles. The minimum absolute atomic E-state index is 0.0115. The molecule has 1 aromatic rings. The average molecular weight is 324 g/mol. The Balaban J connectivity index is 1.79. The van der Waals surface area contributed by atoms with Crippen molar-refractivity contribution in [1.82, 2.24) is 0 Å². The highest BCUT2D eigenvalue weighted by Gasteiger charge is 2.50. The fourth-order valence-electron chi connectivity index (χ4n) is 3.87. The van der Waals surface area contributed by atoms with E-state index < -0.39 is 11.6 Å². The summed E-state index contributed by atoms with van der Waals surface area (Å²) in [5.74, 6) is -0.448. The van der Waals surface area contributed by atoms with Gasteiger partial charge in [-0.25, -0.2) is 4.79 Å². The molecule has 3 rings (SSSR count). The van der Waals surface area contributed by atoms with E-state index >= 15 is 0 Å². The molecule has 1 aliphatic heterocycles. The van der Waals surface area contributed by atoms with E-state index in [4.69, 9.17) is 4.74 Å². The van der Waals surface area contributed by atoms with Crippen molar-refractivity contribution in [1.29, 1.82) is 0 Å². The molecule has 0 bridgehead atoms. The van der Waals surface area contributed by atoms with E-state index in [0.717, 1.165) is 54.6 Å². The van der Waals surface area contributed by atoms with Crippen LogP contribution >= 0.6 is 11.3 Å². The predicted molar refractivity (Wildman–Crippen MR) is 86.5 cm³/mol. The molecule has 0 amide bonds. The minimum Gasteiger partial charge on any atom is -0.454 e. The van der Waals surface area contributed by atoms with Gasteiger partial charge in [-0.15, -0.1) is 11.3 Å². The molecule has 1 aromatic heterocycles. The van der Waals surface area contributed by atoms with Crippen LogP contribution < -0.4 is 0 Å².